The molecule has 1 N–H and O–H groups in total. The summed E-state index contributed by atoms with van der Waals surface area (Å²) in [6.45, 7) is 1.89. The van der Waals surface area contributed by atoms with E-state index in [4.69, 9.17) is 4.42 Å². The van der Waals surface area contributed by atoms with Crippen LogP contribution in [0.2, 0.25) is 0 Å². The Morgan fingerprint density at radius 3 is 2.61 bits per heavy atom. The molecule has 2 rings (SSSR count). The van der Waals surface area contributed by atoms with E-state index in [9.17, 15) is 8.42 Å². The number of rotatable bonds is 5. The van der Waals surface area contributed by atoms with Crippen LogP contribution in [0.25, 0.3) is 0 Å². The second-order valence-electron chi connectivity index (χ2n) is 3.93. The average molecular weight is 266 g/mol. The number of nitrogens with one attached hydrogen (secondary N) is 1. The van der Waals surface area contributed by atoms with E-state index < -0.39 is 10.0 Å². The third-order valence-electron chi connectivity index (χ3n) is 2.50. The maximum Gasteiger partial charge on any atom is 0.216 e. The number of benzene rings is 1. The van der Waals surface area contributed by atoms with Crippen LogP contribution in [0.3, 0.4) is 0 Å². The molecule has 0 unspecified atom stereocenters. The van der Waals surface area contributed by atoms with Crippen LogP contribution in [0, 0.1) is 6.92 Å². The van der Waals surface area contributed by atoms with Crippen LogP contribution in [0.1, 0.15) is 17.0 Å². The number of aryl methyl sites for hydroxylation is 1. The van der Waals surface area contributed by atoms with E-state index in [2.05, 4.69) is 9.71 Å². The van der Waals surface area contributed by atoms with Crippen LogP contribution in [0.5, 0.6) is 0 Å². The molecule has 0 spiro atoms. The largest absolute Gasteiger partial charge is 0.447 e. The Kier molecular flexibility index (Phi) is 3.78. The first-order valence-electron chi connectivity index (χ1n) is 5.47. The summed E-state index contributed by atoms with van der Waals surface area (Å²) in [4.78, 5) is 3.90. The number of hydrogen-bond donors (Lipinski definition) is 1. The molecule has 0 amide bonds. The predicted octanol–water partition coefficient (Wildman–Crippen LogP) is 1.60. The Morgan fingerprint density at radius 2 is 2.00 bits per heavy atom. The fourth-order valence-corrected chi connectivity index (χ4v) is 2.60. The molecule has 18 heavy (non-hydrogen) atoms. The number of nitrogens with zero attached hydrogens (tertiary/aromatic N) is 1. The molecular weight excluding hydrogens is 252 g/mol. The summed E-state index contributed by atoms with van der Waals surface area (Å²) < 4.78 is 31.2. The van der Waals surface area contributed by atoms with Gasteiger partial charge in [0.2, 0.25) is 10.0 Å². The van der Waals surface area contributed by atoms with Crippen molar-refractivity contribution in [1.29, 1.82) is 0 Å². The minimum absolute atomic E-state index is 0.0407. The molecule has 0 atom stereocenters. The zero-order valence-electron chi connectivity index (χ0n) is 9.96. The molecule has 1 aromatic carbocycles. The lowest BCUT2D eigenvalue weighted by atomic mass is 10.2. The third kappa shape index (κ3) is 3.41. The molecule has 0 saturated carbocycles. The second-order valence-corrected chi connectivity index (χ2v) is 5.73. The lowest BCUT2D eigenvalue weighted by Gasteiger charge is -2.05. The molecule has 0 bridgehead atoms. The van der Waals surface area contributed by atoms with Crippen LogP contribution in [0.4, 0.5) is 0 Å². The zero-order valence-corrected chi connectivity index (χ0v) is 10.8. The molecule has 0 fully saturated rings. The van der Waals surface area contributed by atoms with Gasteiger partial charge in [-0.25, -0.2) is 18.1 Å². The maximum absolute atomic E-state index is 11.8. The summed E-state index contributed by atoms with van der Waals surface area (Å²) >= 11 is 0. The van der Waals surface area contributed by atoms with Crippen molar-refractivity contribution in [1.82, 2.24) is 9.71 Å². The monoisotopic (exact) mass is 266 g/mol. The van der Waals surface area contributed by atoms with Crippen molar-refractivity contribution in [2.24, 2.45) is 0 Å². The van der Waals surface area contributed by atoms with E-state index in [0.29, 0.717) is 11.5 Å². The van der Waals surface area contributed by atoms with Gasteiger partial charge in [0.25, 0.3) is 0 Å². The van der Waals surface area contributed by atoms with Crippen LogP contribution in [-0.2, 0) is 22.3 Å². The molecule has 1 heterocycles. The molecule has 6 heteroatoms. The highest BCUT2D eigenvalue weighted by Gasteiger charge is 2.13. The fraction of sp³-hybridized carbons (Fsp3) is 0.250. The molecule has 5 nitrogen and oxygen atoms in total. The molecular formula is C12H14N2O3S. The van der Waals surface area contributed by atoms with Crippen LogP contribution < -0.4 is 4.72 Å². The smallest absolute Gasteiger partial charge is 0.216 e. The van der Waals surface area contributed by atoms with Gasteiger partial charge in [-0.15, -0.1) is 0 Å². The number of aromatic nitrogens is 1. The van der Waals surface area contributed by atoms with E-state index >= 15 is 0 Å². The number of oxazole rings is 1. The van der Waals surface area contributed by atoms with Gasteiger partial charge >= 0.3 is 0 Å². The summed E-state index contributed by atoms with van der Waals surface area (Å²) in [6.07, 6.45) is 1.30. The molecule has 0 radical (unpaired) electrons. The van der Waals surface area contributed by atoms with Crippen molar-refractivity contribution in [3.05, 3.63) is 53.7 Å². The Hall–Kier alpha value is -1.66. The van der Waals surface area contributed by atoms with Gasteiger partial charge in [-0.2, -0.15) is 0 Å². The van der Waals surface area contributed by atoms with Crippen LogP contribution in [-0.4, -0.2) is 13.4 Å². The van der Waals surface area contributed by atoms with E-state index in [1.54, 1.807) is 19.1 Å². The highest BCUT2D eigenvalue weighted by molar-refractivity contribution is 7.88. The first kappa shape index (κ1) is 12.8. The Balaban J connectivity index is 1.98. The summed E-state index contributed by atoms with van der Waals surface area (Å²) in [5, 5.41) is 0. The normalized spacial score (nSPS) is 11.6. The highest BCUT2D eigenvalue weighted by atomic mass is 32.2. The standard InChI is InChI=1S/C12H14N2O3S/c1-10-12(17-9-13-10)7-14-18(15,16)8-11-5-3-2-4-6-11/h2-6,9,14H,7-8H2,1H3. The second kappa shape index (κ2) is 5.32. The Labute approximate surface area is 106 Å². The van der Waals surface area contributed by atoms with Gasteiger partial charge in [-0.1, -0.05) is 30.3 Å². The van der Waals surface area contributed by atoms with Gasteiger partial charge in [0, 0.05) is 0 Å². The van der Waals surface area contributed by atoms with Crippen molar-refractivity contribution in [3.63, 3.8) is 0 Å². The highest BCUT2D eigenvalue weighted by Crippen LogP contribution is 2.07. The summed E-state index contributed by atoms with van der Waals surface area (Å²) in [7, 11) is -3.37. The van der Waals surface area contributed by atoms with Gasteiger partial charge in [-0.05, 0) is 12.5 Å². The van der Waals surface area contributed by atoms with Gasteiger partial charge in [0.1, 0.15) is 5.76 Å². The lowest BCUT2D eigenvalue weighted by Crippen LogP contribution is -2.24. The Bertz CT molecular complexity index is 605. The third-order valence-corrected chi connectivity index (χ3v) is 3.79. The molecule has 0 saturated heterocycles. The minimum Gasteiger partial charge on any atom is -0.447 e. The first-order valence-corrected chi connectivity index (χ1v) is 7.12. The molecule has 0 aliphatic heterocycles. The molecule has 0 aliphatic carbocycles. The summed E-state index contributed by atoms with van der Waals surface area (Å²) in [5.41, 5.74) is 1.44. The maximum atomic E-state index is 11.8. The van der Waals surface area contributed by atoms with Crippen molar-refractivity contribution in [3.8, 4) is 0 Å². The van der Waals surface area contributed by atoms with Crippen molar-refractivity contribution in [2.75, 3.05) is 0 Å². The topological polar surface area (TPSA) is 72.2 Å². The molecule has 2 aromatic rings. The zero-order chi connectivity index (χ0) is 13.0. The summed E-state index contributed by atoms with van der Waals surface area (Å²) in [5.74, 6) is 0.493. The number of sulfonamides is 1. The molecule has 1 aromatic heterocycles. The Morgan fingerprint density at radius 1 is 1.28 bits per heavy atom. The van der Waals surface area contributed by atoms with E-state index in [0.717, 1.165) is 5.56 Å². The van der Waals surface area contributed by atoms with Crippen molar-refractivity contribution >= 4 is 10.0 Å². The predicted molar refractivity (Wildman–Crippen MR) is 67.1 cm³/mol. The van der Waals surface area contributed by atoms with Crippen LogP contribution in [0.15, 0.2) is 41.1 Å². The lowest BCUT2D eigenvalue weighted by molar-refractivity contribution is 0.492. The van der Waals surface area contributed by atoms with Crippen LogP contribution >= 0.6 is 0 Å². The van der Waals surface area contributed by atoms with Gasteiger partial charge in [0.15, 0.2) is 6.39 Å². The van der Waals surface area contributed by atoms with Gasteiger partial charge in [-0.3, -0.25) is 0 Å². The van der Waals surface area contributed by atoms with Gasteiger partial charge in [0.05, 0.1) is 18.0 Å². The molecule has 0 aliphatic rings. The fourth-order valence-electron chi connectivity index (χ4n) is 1.52. The molecule has 96 valence electrons. The van der Waals surface area contributed by atoms with E-state index in [1.807, 2.05) is 18.2 Å². The quantitative estimate of drug-likeness (QED) is 0.892. The van der Waals surface area contributed by atoms with E-state index in [1.165, 1.54) is 6.39 Å². The minimum atomic E-state index is -3.37. The average Bonchev–Trinajstić information content (AvgIpc) is 2.73. The SMILES string of the molecule is Cc1ncoc1CNS(=O)(=O)Cc1ccccc1. The van der Waals surface area contributed by atoms with Gasteiger partial charge < -0.3 is 4.42 Å². The first-order chi connectivity index (χ1) is 8.57. The van der Waals surface area contributed by atoms with Crippen molar-refractivity contribution < 1.29 is 12.8 Å². The van der Waals surface area contributed by atoms with Crippen molar-refractivity contribution in [2.45, 2.75) is 19.2 Å². The number of hydrogen-bond acceptors (Lipinski definition) is 4. The summed E-state index contributed by atoms with van der Waals surface area (Å²) in [6, 6.07) is 9.02. The van der Waals surface area contributed by atoms with E-state index in [-0.39, 0.29) is 12.3 Å².